The molecule has 1 heterocycles. The second-order valence-corrected chi connectivity index (χ2v) is 3.65. The molecule has 0 radical (unpaired) electrons. The highest BCUT2D eigenvalue weighted by atomic mass is 32.1. The molecule has 5 heteroatoms. The molecule has 2 rings (SSSR count). The summed E-state index contributed by atoms with van der Waals surface area (Å²) in [7, 11) is 0. The summed E-state index contributed by atoms with van der Waals surface area (Å²) in [6.45, 7) is 0. The van der Waals surface area contributed by atoms with Crippen LogP contribution in [-0.2, 0) is 0 Å². The molecule has 0 spiro atoms. The Kier molecular flexibility index (Phi) is 2.52. The van der Waals surface area contributed by atoms with Gasteiger partial charge in [0.1, 0.15) is 16.6 Å². The number of hydrogen-bond acceptors (Lipinski definition) is 5. The van der Waals surface area contributed by atoms with Gasteiger partial charge >= 0.3 is 0 Å². The third kappa shape index (κ3) is 1.90. The van der Waals surface area contributed by atoms with E-state index in [9.17, 15) is 0 Å². The summed E-state index contributed by atoms with van der Waals surface area (Å²) >= 11 is 1.19. The summed E-state index contributed by atoms with van der Waals surface area (Å²) in [4.78, 5) is 0. The number of hydrogen-bond donors (Lipinski definition) is 2. The van der Waals surface area contributed by atoms with Crippen LogP contribution in [0.25, 0.3) is 0 Å². The molecule has 4 nitrogen and oxygen atoms in total. The van der Waals surface area contributed by atoms with E-state index in [-0.39, 0.29) is 5.82 Å². The lowest BCUT2D eigenvalue weighted by Gasteiger charge is -2.01. The Labute approximate surface area is 91.1 Å². The molecule has 74 valence electrons. The van der Waals surface area contributed by atoms with Crippen molar-refractivity contribution in [1.82, 2.24) is 4.37 Å². The van der Waals surface area contributed by atoms with Crippen molar-refractivity contribution in [3.8, 4) is 6.07 Å². The Morgan fingerprint density at radius 1 is 1.33 bits per heavy atom. The molecule has 0 aliphatic rings. The highest BCUT2D eigenvalue weighted by Crippen LogP contribution is 2.28. The summed E-state index contributed by atoms with van der Waals surface area (Å²) in [6, 6.07) is 11.6. The van der Waals surface area contributed by atoms with Gasteiger partial charge in [-0.05, 0) is 23.7 Å². The van der Waals surface area contributed by atoms with Crippen molar-refractivity contribution in [1.29, 1.82) is 5.26 Å². The molecule has 1 aromatic carbocycles. The third-order valence-corrected chi connectivity index (χ3v) is 2.64. The van der Waals surface area contributed by atoms with E-state index < -0.39 is 0 Å². The van der Waals surface area contributed by atoms with E-state index in [0.29, 0.717) is 10.6 Å². The monoisotopic (exact) mass is 216 g/mol. The molecule has 2 aromatic rings. The Bertz CT molecular complexity index is 498. The smallest absolute Gasteiger partial charge is 0.157 e. The van der Waals surface area contributed by atoms with Crippen LogP contribution < -0.4 is 11.1 Å². The predicted molar refractivity (Wildman–Crippen MR) is 61.0 cm³/mol. The summed E-state index contributed by atoms with van der Waals surface area (Å²) in [5.74, 6) is 0.279. The quantitative estimate of drug-likeness (QED) is 0.808. The van der Waals surface area contributed by atoms with Gasteiger partial charge in [-0.15, -0.1) is 0 Å². The molecule has 0 aliphatic heterocycles. The largest absolute Gasteiger partial charge is 0.382 e. The van der Waals surface area contributed by atoms with Gasteiger partial charge < -0.3 is 11.1 Å². The minimum atomic E-state index is 0.279. The van der Waals surface area contributed by atoms with Crippen LogP contribution in [0.1, 0.15) is 5.56 Å². The first-order valence-corrected chi connectivity index (χ1v) is 5.06. The minimum absolute atomic E-state index is 0.279. The van der Waals surface area contributed by atoms with Crippen LogP contribution in [0.15, 0.2) is 30.3 Å². The number of benzene rings is 1. The van der Waals surface area contributed by atoms with Gasteiger partial charge in [-0.25, -0.2) is 0 Å². The number of para-hydroxylation sites is 1. The average Bonchev–Trinajstić information content (AvgIpc) is 2.61. The van der Waals surface area contributed by atoms with Crippen LogP contribution >= 0.6 is 11.5 Å². The van der Waals surface area contributed by atoms with Gasteiger partial charge in [0.15, 0.2) is 5.82 Å². The second kappa shape index (κ2) is 3.98. The third-order valence-electron chi connectivity index (χ3n) is 1.86. The number of nitrogen functional groups attached to an aromatic ring is 1. The lowest BCUT2D eigenvalue weighted by atomic mass is 10.3. The van der Waals surface area contributed by atoms with E-state index in [0.717, 1.165) is 5.69 Å². The number of nitriles is 1. The van der Waals surface area contributed by atoms with E-state index in [1.165, 1.54) is 11.5 Å². The molecule has 0 saturated carbocycles. The lowest BCUT2D eigenvalue weighted by molar-refractivity contribution is 1.47. The summed E-state index contributed by atoms with van der Waals surface area (Å²) in [5.41, 5.74) is 6.86. The minimum Gasteiger partial charge on any atom is -0.382 e. The lowest BCUT2D eigenvalue weighted by Crippen LogP contribution is -1.91. The Morgan fingerprint density at radius 3 is 2.73 bits per heavy atom. The first kappa shape index (κ1) is 9.49. The normalized spacial score (nSPS) is 9.53. The Balaban J connectivity index is 2.30. The fraction of sp³-hybridized carbons (Fsp3) is 0. The number of nitrogens with two attached hydrogens (primary N) is 1. The average molecular weight is 216 g/mol. The molecule has 15 heavy (non-hydrogen) atoms. The topological polar surface area (TPSA) is 74.7 Å². The van der Waals surface area contributed by atoms with Crippen LogP contribution in [0.3, 0.4) is 0 Å². The molecule has 0 atom stereocenters. The molecular weight excluding hydrogens is 208 g/mol. The number of nitrogens with zero attached hydrogens (tertiary/aromatic N) is 2. The van der Waals surface area contributed by atoms with Crippen molar-refractivity contribution in [3.05, 3.63) is 35.9 Å². The number of rotatable bonds is 2. The standard InChI is InChI=1S/C10H8N4S/c11-6-8-9(12)14-15-10(8)13-7-4-2-1-3-5-7/h1-5,13H,(H2,12,14). The molecule has 1 aromatic heterocycles. The maximum Gasteiger partial charge on any atom is 0.157 e. The van der Waals surface area contributed by atoms with Crippen molar-refractivity contribution in [2.45, 2.75) is 0 Å². The summed E-state index contributed by atoms with van der Waals surface area (Å²) < 4.78 is 3.92. The molecule has 0 saturated heterocycles. The summed E-state index contributed by atoms with van der Waals surface area (Å²) in [5, 5.41) is 12.6. The van der Waals surface area contributed by atoms with Crippen LogP contribution in [0.5, 0.6) is 0 Å². The van der Waals surface area contributed by atoms with E-state index in [4.69, 9.17) is 11.0 Å². The maximum atomic E-state index is 8.86. The van der Waals surface area contributed by atoms with E-state index >= 15 is 0 Å². The highest BCUT2D eigenvalue weighted by Gasteiger charge is 2.10. The predicted octanol–water partition coefficient (Wildman–Crippen LogP) is 2.34. The van der Waals surface area contributed by atoms with Crippen LogP contribution in [0, 0.1) is 11.3 Å². The molecule has 3 N–H and O–H groups in total. The van der Waals surface area contributed by atoms with Gasteiger partial charge in [-0.2, -0.15) is 9.64 Å². The first-order valence-electron chi connectivity index (χ1n) is 4.28. The van der Waals surface area contributed by atoms with Gasteiger partial charge in [0, 0.05) is 5.69 Å². The zero-order valence-electron chi connectivity index (χ0n) is 7.77. The van der Waals surface area contributed by atoms with Crippen LogP contribution in [0.4, 0.5) is 16.5 Å². The van der Waals surface area contributed by atoms with Crippen molar-refractivity contribution < 1.29 is 0 Å². The molecule has 0 unspecified atom stereocenters. The second-order valence-electron chi connectivity index (χ2n) is 2.87. The van der Waals surface area contributed by atoms with Crippen LogP contribution in [0.2, 0.25) is 0 Å². The fourth-order valence-corrected chi connectivity index (χ4v) is 1.83. The highest BCUT2D eigenvalue weighted by molar-refractivity contribution is 7.10. The SMILES string of the molecule is N#Cc1c(N)nsc1Nc1ccccc1. The van der Waals surface area contributed by atoms with Gasteiger partial charge in [0.25, 0.3) is 0 Å². The van der Waals surface area contributed by atoms with Crippen molar-refractivity contribution in [2.75, 3.05) is 11.1 Å². The fourth-order valence-electron chi connectivity index (χ4n) is 1.15. The summed E-state index contributed by atoms with van der Waals surface area (Å²) in [6.07, 6.45) is 0. The van der Waals surface area contributed by atoms with Gasteiger partial charge in [-0.3, -0.25) is 0 Å². The zero-order chi connectivity index (χ0) is 10.7. The number of aromatic nitrogens is 1. The first-order chi connectivity index (χ1) is 7.31. The maximum absolute atomic E-state index is 8.86. The number of nitrogens with one attached hydrogen (secondary N) is 1. The van der Waals surface area contributed by atoms with Crippen molar-refractivity contribution >= 4 is 28.0 Å². The molecule has 0 aliphatic carbocycles. The zero-order valence-corrected chi connectivity index (χ0v) is 8.58. The van der Waals surface area contributed by atoms with Crippen molar-refractivity contribution in [3.63, 3.8) is 0 Å². The Hall–Kier alpha value is -2.06. The molecule has 0 fully saturated rings. The van der Waals surface area contributed by atoms with Crippen LogP contribution in [-0.4, -0.2) is 4.37 Å². The van der Waals surface area contributed by atoms with E-state index in [2.05, 4.69) is 9.69 Å². The molecule has 0 bridgehead atoms. The van der Waals surface area contributed by atoms with E-state index in [1.54, 1.807) is 0 Å². The number of anilines is 3. The van der Waals surface area contributed by atoms with E-state index in [1.807, 2.05) is 36.4 Å². The van der Waals surface area contributed by atoms with Gasteiger partial charge in [-0.1, -0.05) is 18.2 Å². The molecule has 0 amide bonds. The molecular formula is C10H8N4S. The van der Waals surface area contributed by atoms with Gasteiger partial charge in [0.2, 0.25) is 0 Å². The van der Waals surface area contributed by atoms with Crippen molar-refractivity contribution in [2.24, 2.45) is 0 Å². The van der Waals surface area contributed by atoms with Gasteiger partial charge in [0.05, 0.1) is 0 Å². The Morgan fingerprint density at radius 2 is 2.07 bits per heavy atom.